The summed E-state index contributed by atoms with van der Waals surface area (Å²) in [5.74, 6) is 1.55. The molecule has 0 unspecified atom stereocenters. The molecule has 0 aliphatic rings. The van der Waals surface area contributed by atoms with Gasteiger partial charge >= 0.3 is 0 Å². The average molecular weight is 861 g/mol. The highest BCUT2D eigenvalue weighted by molar-refractivity contribution is 7.27. The molecule has 7 aromatic rings. The third-order valence-corrected chi connectivity index (χ3v) is 15.3. The van der Waals surface area contributed by atoms with E-state index >= 15 is 0 Å². The number of aromatic nitrogens is 2. The van der Waals surface area contributed by atoms with E-state index in [0.29, 0.717) is 19.0 Å². The largest absolute Gasteiger partial charge is 0.478 e. The molecule has 0 bridgehead atoms. The van der Waals surface area contributed by atoms with E-state index in [1.165, 1.54) is 124 Å². The molecule has 0 radical (unpaired) electrons. The first kappa shape index (κ1) is 44.1. The topological polar surface area (TPSA) is 57.3 Å². The standard InChI is InChI=1S/C52H64N2O3S3/c1-3-5-7-9-11-13-15-17-19-23-35-54-42-27-34-51(56-36-24-20-18-16-14-12-10-8-6-4-2)53-41(42)38-40(52(54)55)45-28-30-47(58-45)49-32-33-50(60-49)48-31-29-46(59-48)44-37-39-25-21-22-26-43(39)57-44/h21-22,25-34,37-38H,3-20,23-24,35-36H2,1-2H3. The third kappa shape index (κ3) is 12.1. The molecule has 8 heteroatoms. The zero-order chi connectivity index (χ0) is 41.4. The van der Waals surface area contributed by atoms with Gasteiger partial charge in [-0.25, -0.2) is 4.98 Å². The predicted octanol–water partition coefficient (Wildman–Crippen LogP) is 17.2. The Morgan fingerprint density at radius 2 is 1.07 bits per heavy atom. The van der Waals surface area contributed by atoms with Gasteiger partial charge in [-0.05, 0) is 73.5 Å². The molecule has 0 aliphatic carbocycles. The van der Waals surface area contributed by atoms with Gasteiger partial charge in [0, 0.05) is 42.4 Å². The maximum atomic E-state index is 14.4. The van der Waals surface area contributed by atoms with Gasteiger partial charge in [-0.1, -0.05) is 148 Å². The molecule has 0 saturated heterocycles. The van der Waals surface area contributed by atoms with Crippen molar-refractivity contribution in [3.05, 3.63) is 95.3 Å². The molecule has 6 aromatic heterocycles. The maximum absolute atomic E-state index is 14.4. The van der Waals surface area contributed by atoms with Crippen molar-refractivity contribution in [2.24, 2.45) is 0 Å². The van der Waals surface area contributed by atoms with E-state index in [-0.39, 0.29) is 5.56 Å². The van der Waals surface area contributed by atoms with Crippen LogP contribution in [-0.2, 0) is 6.54 Å². The molecule has 5 nitrogen and oxygen atoms in total. The van der Waals surface area contributed by atoms with Gasteiger partial charge in [-0.3, -0.25) is 4.79 Å². The van der Waals surface area contributed by atoms with Gasteiger partial charge in [0.1, 0.15) is 11.3 Å². The lowest BCUT2D eigenvalue weighted by atomic mass is 10.1. The molecule has 0 saturated carbocycles. The molecule has 7 rings (SSSR count). The fraction of sp³-hybridized carbons (Fsp3) is 0.462. The number of nitrogens with zero attached hydrogens (tertiary/aromatic N) is 2. The van der Waals surface area contributed by atoms with Crippen molar-refractivity contribution in [3.8, 4) is 46.5 Å². The lowest BCUT2D eigenvalue weighted by molar-refractivity contribution is 0.294. The number of hydrogen-bond acceptors (Lipinski definition) is 7. The number of hydrogen-bond donors (Lipinski definition) is 0. The van der Waals surface area contributed by atoms with Crippen LogP contribution in [0.3, 0.4) is 0 Å². The van der Waals surface area contributed by atoms with Crippen molar-refractivity contribution in [2.75, 3.05) is 6.61 Å². The molecule has 0 N–H and O–H groups in total. The lowest BCUT2D eigenvalue weighted by Gasteiger charge is -2.13. The Hall–Kier alpha value is -3.98. The summed E-state index contributed by atoms with van der Waals surface area (Å²) in [6.07, 6.45) is 25.6. The van der Waals surface area contributed by atoms with Gasteiger partial charge in [-0.15, -0.1) is 34.0 Å². The summed E-state index contributed by atoms with van der Waals surface area (Å²) in [6, 6.07) is 29.3. The Labute approximate surface area is 369 Å². The molecule has 0 fully saturated rings. The van der Waals surface area contributed by atoms with Crippen LogP contribution in [0, 0.1) is 0 Å². The molecule has 60 heavy (non-hydrogen) atoms. The molecule has 0 aliphatic heterocycles. The predicted molar refractivity (Wildman–Crippen MR) is 260 cm³/mol. The van der Waals surface area contributed by atoms with Crippen molar-refractivity contribution >= 4 is 56.0 Å². The molecule has 0 amide bonds. The van der Waals surface area contributed by atoms with E-state index in [4.69, 9.17) is 14.1 Å². The number of ether oxygens (including phenoxy) is 1. The minimum atomic E-state index is 0.0660. The summed E-state index contributed by atoms with van der Waals surface area (Å²) >= 11 is 5.24. The number of rotatable bonds is 27. The van der Waals surface area contributed by atoms with Crippen LogP contribution >= 0.6 is 34.0 Å². The van der Waals surface area contributed by atoms with Gasteiger partial charge in [0.15, 0.2) is 0 Å². The first-order valence-corrected chi connectivity index (χ1v) is 25.5. The summed E-state index contributed by atoms with van der Waals surface area (Å²) < 4.78 is 14.3. The van der Waals surface area contributed by atoms with E-state index in [1.54, 1.807) is 34.0 Å². The van der Waals surface area contributed by atoms with Crippen LogP contribution in [0.25, 0.3) is 62.6 Å². The van der Waals surface area contributed by atoms with Crippen LogP contribution in [0.2, 0.25) is 0 Å². The van der Waals surface area contributed by atoms with Crippen molar-refractivity contribution in [2.45, 2.75) is 149 Å². The fourth-order valence-corrected chi connectivity index (χ4v) is 11.3. The molecular weight excluding hydrogens is 797 g/mol. The van der Waals surface area contributed by atoms with E-state index in [2.05, 4.69) is 68.4 Å². The number of unbranched alkanes of at least 4 members (excludes halogenated alkanes) is 18. The number of fused-ring (bicyclic) bond motifs is 2. The monoisotopic (exact) mass is 860 g/mol. The second-order valence-electron chi connectivity index (χ2n) is 16.4. The molecular formula is C52H64N2O3S3. The molecule has 318 valence electrons. The Balaban J connectivity index is 1.02. The zero-order valence-corrected chi connectivity index (χ0v) is 38.4. The van der Waals surface area contributed by atoms with Crippen molar-refractivity contribution in [3.63, 3.8) is 0 Å². The number of benzene rings is 1. The minimum Gasteiger partial charge on any atom is -0.478 e. The van der Waals surface area contributed by atoms with Crippen molar-refractivity contribution in [1.82, 2.24) is 9.55 Å². The quantitative estimate of drug-likeness (QED) is 0.0483. The number of aryl methyl sites for hydroxylation is 1. The summed E-state index contributed by atoms with van der Waals surface area (Å²) in [5, 5.41) is 1.12. The number of thiophene rings is 3. The van der Waals surface area contributed by atoms with E-state index < -0.39 is 0 Å². The van der Waals surface area contributed by atoms with Crippen LogP contribution in [0.1, 0.15) is 142 Å². The number of pyridine rings is 2. The number of para-hydroxylation sites is 1. The smallest absolute Gasteiger partial charge is 0.259 e. The highest BCUT2D eigenvalue weighted by Gasteiger charge is 2.17. The highest BCUT2D eigenvalue weighted by atomic mass is 32.1. The summed E-state index contributed by atoms with van der Waals surface area (Å²) in [7, 11) is 0. The fourth-order valence-electron chi connectivity index (χ4n) is 8.16. The van der Waals surface area contributed by atoms with Gasteiger partial charge in [-0.2, -0.15) is 0 Å². The van der Waals surface area contributed by atoms with Crippen LogP contribution < -0.4 is 10.3 Å². The summed E-state index contributed by atoms with van der Waals surface area (Å²) in [6.45, 7) is 5.92. The lowest BCUT2D eigenvalue weighted by Crippen LogP contribution is -2.22. The average Bonchev–Trinajstić information content (AvgIpc) is 4.11. The summed E-state index contributed by atoms with van der Waals surface area (Å²) in [5.41, 5.74) is 3.41. The van der Waals surface area contributed by atoms with Crippen LogP contribution in [0.4, 0.5) is 0 Å². The third-order valence-electron chi connectivity index (χ3n) is 11.6. The van der Waals surface area contributed by atoms with Crippen molar-refractivity contribution in [1.29, 1.82) is 0 Å². The van der Waals surface area contributed by atoms with Gasteiger partial charge in [0.2, 0.25) is 5.88 Å². The van der Waals surface area contributed by atoms with E-state index in [9.17, 15) is 4.79 Å². The Bertz CT molecular complexity index is 2380. The highest BCUT2D eigenvalue weighted by Crippen LogP contribution is 2.43. The Morgan fingerprint density at radius 3 is 1.68 bits per heavy atom. The summed E-state index contributed by atoms with van der Waals surface area (Å²) in [4.78, 5) is 26.3. The minimum absolute atomic E-state index is 0.0660. The van der Waals surface area contributed by atoms with E-state index in [1.807, 2.05) is 34.9 Å². The Morgan fingerprint density at radius 1 is 0.550 bits per heavy atom. The normalized spacial score (nSPS) is 11.7. The molecule has 0 spiro atoms. The van der Waals surface area contributed by atoms with Crippen molar-refractivity contribution < 1.29 is 9.15 Å². The molecule has 0 atom stereocenters. The van der Waals surface area contributed by atoms with Crippen LogP contribution in [0.15, 0.2) is 94.1 Å². The first-order chi connectivity index (χ1) is 29.6. The van der Waals surface area contributed by atoms with Gasteiger partial charge in [0.05, 0.1) is 28.1 Å². The zero-order valence-electron chi connectivity index (χ0n) is 36.0. The molecule has 6 heterocycles. The SMILES string of the molecule is CCCCCCCCCCCCOc1ccc2c(cc(-c3ccc(-c4ccc(-c5ccc(-c6cc7ccccc7o6)s5)s4)s3)c(=O)n2CCCCCCCCCCCC)n1. The number of furan rings is 1. The van der Waals surface area contributed by atoms with Crippen LogP contribution in [-0.4, -0.2) is 16.2 Å². The Kier molecular flexibility index (Phi) is 17.1. The second kappa shape index (κ2) is 23.3. The second-order valence-corrected chi connectivity index (χ2v) is 19.7. The molecule has 1 aromatic carbocycles. The van der Waals surface area contributed by atoms with Gasteiger partial charge < -0.3 is 13.7 Å². The van der Waals surface area contributed by atoms with Gasteiger partial charge in [0.25, 0.3) is 5.56 Å². The first-order valence-electron chi connectivity index (χ1n) is 23.1. The van der Waals surface area contributed by atoms with E-state index in [0.717, 1.165) is 67.2 Å². The maximum Gasteiger partial charge on any atom is 0.259 e. The van der Waals surface area contributed by atoms with Crippen LogP contribution in [0.5, 0.6) is 5.88 Å².